The molecule has 0 saturated carbocycles. The van der Waals surface area contributed by atoms with Gasteiger partial charge < -0.3 is 10.2 Å². The van der Waals surface area contributed by atoms with Crippen molar-refractivity contribution >= 4 is 33.4 Å². The van der Waals surface area contributed by atoms with Gasteiger partial charge in [-0.3, -0.25) is 9.59 Å². The first-order valence-corrected chi connectivity index (χ1v) is 7.48. The molecule has 0 radical (unpaired) electrons. The van der Waals surface area contributed by atoms with Crippen LogP contribution in [0.4, 0.5) is 5.69 Å². The molecule has 0 heterocycles. The van der Waals surface area contributed by atoms with Gasteiger partial charge in [0.05, 0.1) is 0 Å². The molecule has 1 N–H and O–H groups in total. The number of carbonyl (C=O) groups is 2. The third kappa shape index (κ3) is 3.82. The zero-order valence-electron chi connectivity index (χ0n) is 12.4. The van der Waals surface area contributed by atoms with E-state index in [-0.39, 0.29) is 11.8 Å². The summed E-state index contributed by atoms with van der Waals surface area (Å²) < 4.78 is 0.878. The minimum Gasteiger partial charge on any atom is -0.342 e. The Bertz CT molecular complexity index is 496. The Balaban J connectivity index is 2.86. The fourth-order valence-electron chi connectivity index (χ4n) is 1.86. The van der Waals surface area contributed by atoms with E-state index in [0.717, 1.165) is 4.47 Å². The first-order chi connectivity index (χ1) is 9.32. The Morgan fingerprint density at radius 2 is 1.85 bits per heavy atom. The van der Waals surface area contributed by atoms with Gasteiger partial charge in [0.15, 0.2) is 0 Å². The first-order valence-electron chi connectivity index (χ1n) is 6.69. The average Bonchev–Trinajstić information content (AvgIpc) is 2.39. The van der Waals surface area contributed by atoms with Gasteiger partial charge in [0, 0.05) is 23.2 Å². The van der Waals surface area contributed by atoms with Crippen molar-refractivity contribution in [1.29, 1.82) is 0 Å². The Labute approximate surface area is 128 Å². The summed E-state index contributed by atoms with van der Waals surface area (Å²) in [6, 6.07) is 7.30. The molecule has 0 saturated heterocycles. The topological polar surface area (TPSA) is 49.4 Å². The second-order valence-electron chi connectivity index (χ2n) is 5.07. The maximum Gasteiger partial charge on any atom is 0.239 e. The molecule has 0 unspecified atom stereocenters. The van der Waals surface area contributed by atoms with E-state index in [0.29, 0.717) is 18.8 Å². The summed E-state index contributed by atoms with van der Waals surface area (Å²) in [5.74, 6) is -0.456. The highest BCUT2D eigenvalue weighted by atomic mass is 79.9. The lowest BCUT2D eigenvalue weighted by atomic mass is 9.90. The number of amides is 2. The SMILES string of the molecule is CCN(CC)C(=O)C(C)(C)C(=O)Nc1cccc(Br)c1. The van der Waals surface area contributed by atoms with E-state index in [4.69, 9.17) is 0 Å². The van der Waals surface area contributed by atoms with Crippen LogP contribution in [-0.2, 0) is 9.59 Å². The highest BCUT2D eigenvalue weighted by molar-refractivity contribution is 9.10. The zero-order valence-corrected chi connectivity index (χ0v) is 14.0. The maximum atomic E-state index is 12.4. The fraction of sp³-hybridized carbons (Fsp3) is 0.467. The molecule has 5 heteroatoms. The summed E-state index contributed by atoms with van der Waals surface area (Å²) in [4.78, 5) is 26.4. The first kappa shape index (κ1) is 16.7. The molecule has 0 spiro atoms. The summed E-state index contributed by atoms with van der Waals surface area (Å²) in [5.41, 5.74) is -0.418. The molecule has 1 rings (SSSR count). The monoisotopic (exact) mass is 340 g/mol. The molecule has 0 aliphatic carbocycles. The number of rotatable bonds is 5. The highest BCUT2D eigenvalue weighted by Crippen LogP contribution is 2.23. The molecule has 110 valence electrons. The summed E-state index contributed by atoms with van der Waals surface area (Å²) in [5, 5.41) is 2.79. The number of nitrogens with one attached hydrogen (secondary N) is 1. The molecule has 20 heavy (non-hydrogen) atoms. The van der Waals surface area contributed by atoms with Crippen molar-refractivity contribution < 1.29 is 9.59 Å². The largest absolute Gasteiger partial charge is 0.342 e. The van der Waals surface area contributed by atoms with Crippen molar-refractivity contribution in [2.75, 3.05) is 18.4 Å². The van der Waals surface area contributed by atoms with Crippen molar-refractivity contribution in [3.63, 3.8) is 0 Å². The van der Waals surface area contributed by atoms with Crippen LogP contribution in [-0.4, -0.2) is 29.8 Å². The van der Waals surface area contributed by atoms with E-state index in [1.807, 2.05) is 26.0 Å². The lowest BCUT2D eigenvalue weighted by molar-refractivity contribution is -0.146. The van der Waals surface area contributed by atoms with Gasteiger partial charge >= 0.3 is 0 Å². The van der Waals surface area contributed by atoms with Crippen molar-refractivity contribution in [3.05, 3.63) is 28.7 Å². The number of hydrogen-bond donors (Lipinski definition) is 1. The molecule has 0 aliphatic rings. The van der Waals surface area contributed by atoms with E-state index < -0.39 is 5.41 Å². The van der Waals surface area contributed by atoms with Gasteiger partial charge in [-0.1, -0.05) is 22.0 Å². The Hall–Kier alpha value is -1.36. The van der Waals surface area contributed by atoms with Crippen LogP contribution in [0, 0.1) is 5.41 Å². The number of anilines is 1. The summed E-state index contributed by atoms with van der Waals surface area (Å²) in [6.45, 7) is 8.32. The molecular formula is C15H21BrN2O2. The predicted molar refractivity (Wildman–Crippen MR) is 84.5 cm³/mol. The van der Waals surface area contributed by atoms with E-state index in [1.165, 1.54) is 0 Å². The van der Waals surface area contributed by atoms with Crippen molar-refractivity contribution in [3.8, 4) is 0 Å². The van der Waals surface area contributed by atoms with E-state index in [2.05, 4.69) is 21.2 Å². The number of nitrogens with zero attached hydrogens (tertiary/aromatic N) is 1. The van der Waals surface area contributed by atoms with Gasteiger partial charge in [-0.05, 0) is 45.9 Å². The lowest BCUT2D eigenvalue weighted by Gasteiger charge is -2.29. The van der Waals surface area contributed by atoms with Crippen molar-refractivity contribution in [2.24, 2.45) is 5.41 Å². The molecule has 0 bridgehead atoms. The molecule has 2 amide bonds. The second kappa shape index (κ2) is 6.88. The van der Waals surface area contributed by atoms with Gasteiger partial charge in [-0.15, -0.1) is 0 Å². The van der Waals surface area contributed by atoms with Gasteiger partial charge in [-0.25, -0.2) is 0 Å². The smallest absolute Gasteiger partial charge is 0.239 e. The van der Waals surface area contributed by atoms with Crippen LogP contribution in [0.5, 0.6) is 0 Å². The Morgan fingerprint density at radius 3 is 2.35 bits per heavy atom. The summed E-state index contributed by atoms with van der Waals surface area (Å²) in [6.07, 6.45) is 0. The third-order valence-corrected chi connectivity index (χ3v) is 3.73. The van der Waals surface area contributed by atoms with Gasteiger partial charge in [0.25, 0.3) is 0 Å². The van der Waals surface area contributed by atoms with Gasteiger partial charge in [0.1, 0.15) is 5.41 Å². The average molecular weight is 341 g/mol. The number of carbonyl (C=O) groups excluding carboxylic acids is 2. The molecule has 0 aromatic heterocycles. The predicted octanol–water partition coefficient (Wildman–Crippen LogP) is 3.28. The lowest BCUT2D eigenvalue weighted by Crippen LogP contribution is -2.47. The number of benzene rings is 1. The fourth-order valence-corrected chi connectivity index (χ4v) is 2.26. The minimum atomic E-state index is -1.09. The second-order valence-corrected chi connectivity index (χ2v) is 5.98. The summed E-state index contributed by atoms with van der Waals surface area (Å²) >= 11 is 3.35. The highest BCUT2D eigenvalue weighted by Gasteiger charge is 2.38. The molecule has 0 atom stereocenters. The van der Waals surface area contributed by atoms with Crippen LogP contribution in [0.25, 0.3) is 0 Å². The molecule has 4 nitrogen and oxygen atoms in total. The standard InChI is InChI=1S/C15H21BrN2O2/c1-5-18(6-2)14(20)15(3,4)13(19)17-12-9-7-8-11(16)10-12/h7-10H,5-6H2,1-4H3,(H,17,19). The number of halogens is 1. The van der Waals surface area contributed by atoms with Crippen molar-refractivity contribution in [1.82, 2.24) is 4.90 Å². The van der Waals surface area contributed by atoms with Gasteiger partial charge in [-0.2, -0.15) is 0 Å². The molecule has 1 aromatic rings. The van der Waals surface area contributed by atoms with Crippen molar-refractivity contribution in [2.45, 2.75) is 27.7 Å². The Kier molecular flexibility index (Phi) is 5.74. The third-order valence-electron chi connectivity index (χ3n) is 3.24. The Morgan fingerprint density at radius 1 is 1.25 bits per heavy atom. The van der Waals surface area contributed by atoms with Crippen LogP contribution >= 0.6 is 15.9 Å². The maximum absolute atomic E-state index is 12.4. The molecule has 1 aromatic carbocycles. The van der Waals surface area contributed by atoms with Gasteiger partial charge in [0.2, 0.25) is 11.8 Å². The molecule has 0 aliphatic heterocycles. The van der Waals surface area contributed by atoms with E-state index in [1.54, 1.807) is 30.9 Å². The zero-order chi connectivity index (χ0) is 15.3. The van der Waals surface area contributed by atoms with Crippen LogP contribution in [0.3, 0.4) is 0 Å². The minimum absolute atomic E-state index is 0.157. The molecule has 0 fully saturated rings. The quantitative estimate of drug-likeness (QED) is 0.836. The summed E-state index contributed by atoms with van der Waals surface area (Å²) in [7, 11) is 0. The molecular weight excluding hydrogens is 320 g/mol. The normalized spacial score (nSPS) is 11.1. The van der Waals surface area contributed by atoms with Crippen LogP contribution in [0.1, 0.15) is 27.7 Å². The van der Waals surface area contributed by atoms with Crippen LogP contribution in [0.15, 0.2) is 28.7 Å². The van der Waals surface area contributed by atoms with E-state index in [9.17, 15) is 9.59 Å². The van der Waals surface area contributed by atoms with Crippen LogP contribution < -0.4 is 5.32 Å². The number of hydrogen-bond acceptors (Lipinski definition) is 2. The van der Waals surface area contributed by atoms with Crippen LogP contribution in [0.2, 0.25) is 0 Å². The van der Waals surface area contributed by atoms with E-state index >= 15 is 0 Å².